The van der Waals surface area contributed by atoms with Gasteiger partial charge in [0.1, 0.15) is 17.9 Å². The maximum Gasteiger partial charge on any atom is 0.316 e. The van der Waals surface area contributed by atoms with Gasteiger partial charge < -0.3 is 15.0 Å². The van der Waals surface area contributed by atoms with E-state index in [1.165, 1.54) is 0 Å². The van der Waals surface area contributed by atoms with Gasteiger partial charge in [-0.05, 0) is 18.2 Å². The SMILES string of the molecule is O=C([O-])C(F)(F)C(O)c1cc(F)ccc1Br. The van der Waals surface area contributed by atoms with Gasteiger partial charge in [0, 0.05) is 10.0 Å². The molecule has 3 nitrogen and oxygen atoms in total. The number of aliphatic hydroxyl groups is 1. The Bertz CT molecular complexity index is 422. The minimum absolute atomic E-state index is 0.0256. The number of halogens is 4. The molecule has 0 radical (unpaired) electrons. The van der Waals surface area contributed by atoms with Crippen molar-refractivity contribution in [1.82, 2.24) is 0 Å². The topological polar surface area (TPSA) is 60.4 Å². The highest BCUT2D eigenvalue weighted by Gasteiger charge is 2.42. The van der Waals surface area contributed by atoms with E-state index in [0.29, 0.717) is 6.07 Å². The van der Waals surface area contributed by atoms with E-state index in [9.17, 15) is 23.1 Å². The van der Waals surface area contributed by atoms with Crippen LogP contribution in [0.5, 0.6) is 0 Å². The number of aliphatic carboxylic acids is 1. The van der Waals surface area contributed by atoms with Gasteiger partial charge in [0.05, 0.1) is 0 Å². The van der Waals surface area contributed by atoms with Crippen LogP contribution in [0, 0.1) is 5.82 Å². The number of alkyl halides is 2. The molecule has 1 aromatic carbocycles. The smallest absolute Gasteiger partial charge is 0.316 e. The summed E-state index contributed by atoms with van der Waals surface area (Å²) in [5.41, 5.74) is -0.561. The second-order valence-electron chi connectivity index (χ2n) is 2.98. The summed E-state index contributed by atoms with van der Waals surface area (Å²) in [4.78, 5) is 10.1. The van der Waals surface area contributed by atoms with Gasteiger partial charge in [-0.3, -0.25) is 0 Å². The van der Waals surface area contributed by atoms with Crippen molar-refractivity contribution in [3.05, 3.63) is 34.1 Å². The molecule has 16 heavy (non-hydrogen) atoms. The zero-order valence-electron chi connectivity index (χ0n) is 7.58. The summed E-state index contributed by atoms with van der Waals surface area (Å²) in [5, 5.41) is 19.3. The molecule has 1 atom stereocenters. The third-order valence-corrected chi connectivity index (χ3v) is 2.59. The Morgan fingerprint density at radius 1 is 1.50 bits per heavy atom. The van der Waals surface area contributed by atoms with E-state index in [1.54, 1.807) is 0 Å². The van der Waals surface area contributed by atoms with Crippen molar-refractivity contribution in [3.63, 3.8) is 0 Å². The molecular formula is C9H5BrF3O3-. The lowest BCUT2D eigenvalue weighted by molar-refractivity contribution is -0.336. The van der Waals surface area contributed by atoms with Gasteiger partial charge in [0.2, 0.25) is 0 Å². The Morgan fingerprint density at radius 3 is 2.56 bits per heavy atom. The van der Waals surface area contributed by atoms with Gasteiger partial charge >= 0.3 is 5.92 Å². The van der Waals surface area contributed by atoms with Crippen LogP contribution in [0.1, 0.15) is 11.7 Å². The fourth-order valence-corrected chi connectivity index (χ4v) is 1.49. The van der Waals surface area contributed by atoms with Crippen LogP contribution in [0.25, 0.3) is 0 Å². The molecule has 0 saturated carbocycles. The maximum absolute atomic E-state index is 12.9. The van der Waals surface area contributed by atoms with Gasteiger partial charge in [-0.2, -0.15) is 8.78 Å². The van der Waals surface area contributed by atoms with E-state index < -0.39 is 29.4 Å². The largest absolute Gasteiger partial charge is 0.544 e. The normalized spacial score (nSPS) is 13.6. The highest BCUT2D eigenvalue weighted by Crippen LogP contribution is 2.35. The molecule has 0 aliphatic rings. The molecule has 0 fully saturated rings. The molecule has 1 unspecified atom stereocenters. The Morgan fingerprint density at radius 2 is 2.06 bits per heavy atom. The molecule has 0 aliphatic heterocycles. The van der Waals surface area contributed by atoms with Crippen molar-refractivity contribution in [2.45, 2.75) is 12.0 Å². The second-order valence-corrected chi connectivity index (χ2v) is 3.83. The van der Waals surface area contributed by atoms with E-state index in [1.807, 2.05) is 0 Å². The zero-order valence-corrected chi connectivity index (χ0v) is 9.17. The van der Waals surface area contributed by atoms with Crippen molar-refractivity contribution in [2.24, 2.45) is 0 Å². The molecule has 0 spiro atoms. The van der Waals surface area contributed by atoms with Crippen LogP contribution in [0.2, 0.25) is 0 Å². The van der Waals surface area contributed by atoms with Crippen LogP contribution in [-0.4, -0.2) is 17.0 Å². The summed E-state index contributed by atoms with van der Waals surface area (Å²) in [6, 6.07) is 2.67. The molecule has 88 valence electrons. The molecule has 1 N–H and O–H groups in total. The highest BCUT2D eigenvalue weighted by molar-refractivity contribution is 9.10. The van der Waals surface area contributed by atoms with Crippen molar-refractivity contribution in [3.8, 4) is 0 Å². The van der Waals surface area contributed by atoms with Crippen molar-refractivity contribution < 1.29 is 28.2 Å². The predicted octanol–water partition coefficient (Wildman–Crippen LogP) is 1.01. The molecule has 1 aromatic rings. The standard InChI is InChI=1S/C9H6BrF3O3/c10-6-2-1-4(11)3-5(6)7(14)9(12,13)8(15)16/h1-3,7,14H,(H,15,16)/p-1. The summed E-state index contributed by atoms with van der Waals surface area (Å²) >= 11 is 2.80. The fourth-order valence-electron chi connectivity index (χ4n) is 1.03. The van der Waals surface area contributed by atoms with Crippen LogP contribution in [-0.2, 0) is 4.79 Å². The van der Waals surface area contributed by atoms with E-state index >= 15 is 0 Å². The third-order valence-electron chi connectivity index (χ3n) is 1.87. The number of rotatable bonds is 3. The highest BCUT2D eigenvalue weighted by atomic mass is 79.9. The number of carboxylic acids is 1. The first-order valence-corrected chi connectivity index (χ1v) is 4.78. The van der Waals surface area contributed by atoms with Gasteiger partial charge in [0.15, 0.2) is 0 Å². The quantitative estimate of drug-likeness (QED) is 0.906. The van der Waals surface area contributed by atoms with Crippen LogP contribution in [0.15, 0.2) is 22.7 Å². The summed E-state index contributed by atoms with van der Waals surface area (Å²) in [6.07, 6.45) is -2.68. The molecule has 0 amide bonds. The van der Waals surface area contributed by atoms with E-state index in [-0.39, 0.29) is 4.47 Å². The molecule has 7 heteroatoms. The first kappa shape index (κ1) is 13.0. The molecule has 0 bridgehead atoms. The lowest BCUT2D eigenvalue weighted by atomic mass is 10.0. The monoisotopic (exact) mass is 297 g/mol. The average Bonchev–Trinajstić information content (AvgIpc) is 2.20. The third kappa shape index (κ3) is 2.35. The molecule has 0 heterocycles. The first-order valence-electron chi connectivity index (χ1n) is 3.99. The minimum Gasteiger partial charge on any atom is -0.544 e. The molecule has 0 aliphatic carbocycles. The predicted molar refractivity (Wildman–Crippen MR) is 49.0 cm³/mol. The average molecular weight is 298 g/mol. The number of benzene rings is 1. The zero-order chi connectivity index (χ0) is 12.5. The van der Waals surface area contributed by atoms with E-state index in [0.717, 1.165) is 12.1 Å². The van der Waals surface area contributed by atoms with Crippen molar-refractivity contribution >= 4 is 21.9 Å². The van der Waals surface area contributed by atoms with Gasteiger partial charge in [0.25, 0.3) is 0 Å². The number of carboxylic acid groups (broad SMARTS) is 1. The Balaban J connectivity index is 3.19. The van der Waals surface area contributed by atoms with Crippen LogP contribution >= 0.6 is 15.9 Å². The maximum atomic E-state index is 12.9. The summed E-state index contributed by atoms with van der Waals surface area (Å²) in [5.74, 6) is -8.08. The fraction of sp³-hybridized carbons (Fsp3) is 0.222. The number of hydrogen-bond donors (Lipinski definition) is 1. The molecule has 1 rings (SSSR count). The molecule has 0 saturated heterocycles. The Kier molecular flexibility index (Phi) is 3.59. The van der Waals surface area contributed by atoms with Gasteiger partial charge in [-0.25, -0.2) is 4.39 Å². The van der Waals surface area contributed by atoms with Crippen LogP contribution < -0.4 is 5.11 Å². The van der Waals surface area contributed by atoms with E-state index in [2.05, 4.69) is 15.9 Å². The minimum atomic E-state index is -4.49. The Hall–Kier alpha value is -1.08. The number of hydrogen-bond acceptors (Lipinski definition) is 3. The Labute approximate surface area is 96.6 Å². The second kappa shape index (κ2) is 4.42. The molecular weight excluding hydrogens is 293 g/mol. The van der Waals surface area contributed by atoms with Crippen LogP contribution in [0.4, 0.5) is 13.2 Å². The molecule has 0 aromatic heterocycles. The summed E-state index contributed by atoms with van der Waals surface area (Å²) in [7, 11) is 0. The summed E-state index contributed by atoms with van der Waals surface area (Å²) < 4.78 is 38.5. The first-order chi connectivity index (χ1) is 7.26. The number of carbonyl (C=O) groups excluding carboxylic acids is 1. The summed E-state index contributed by atoms with van der Waals surface area (Å²) in [6.45, 7) is 0. The van der Waals surface area contributed by atoms with Gasteiger partial charge in [-0.15, -0.1) is 0 Å². The van der Waals surface area contributed by atoms with Crippen LogP contribution in [0.3, 0.4) is 0 Å². The number of aliphatic hydroxyl groups excluding tert-OH is 1. The lowest BCUT2D eigenvalue weighted by Crippen LogP contribution is -2.45. The van der Waals surface area contributed by atoms with Crippen molar-refractivity contribution in [1.29, 1.82) is 0 Å². The number of carbonyl (C=O) groups is 1. The lowest BCUT2D eigenvalue weighted by Gasteiger charge is -2.24. The van der Waals surface area contributed by atoms with E-state index in [4.69, 9.17) is 5.11 Å². The van der Waals surface area contributed by atoms with Crippen molar-refractivity contribution in [2.75, 3.05) is 0 Å². The van der Waals surface area contributed by atoms with Gasteiger partial charge in [-0.1, -0.05) is 15.9 Å².